The topological polar surface area (TPSA) is 88.3 Å². The van der Waals surface area contributed by atoms with Crippen molar-refractivity contribution in [1.29, 1.82) is 0 Å². The van der Waals surface area contributed by atoms with E-state index < -0.39 is 10.0 Å². The van der Waals surface area contributed by atoms with Gasteiger partial charge >= 0.3 is 0 Å². The largest absolute Gasteiger partial charge is 0.369 e. The van der Waals surface area contributed by atoms with Crippen molar-refractivity contribution >= 4 is 32.4 Å². The summed E-state index contributed by atoms with van der Waals surface area (Å²) < 4.78 is 32.1. The number of nitrogens with one attached hydrogen (secondary N) is 1. The number of fused-ring (bicyclic) bond motifs is 1. The van der Waals surface area contributed by atoms with Gasteiger partial charge in [0.15, 0.2) is 5.03 Å². The smallest absolute Gasteiger partial charge is 0.281 e. The fourth-order valence-electron chi connectivity index (χ4n) is 4.28. The monoisotopic (exact) mass is 465 g/mol. The van der Waals surface area contributed by atoms with Crippen molar-refractivity contribution in [3.8, 4) is 11.1 Å². The summed E-state index contributed by atoms with van der Waals surface area (Å²) in [6.45, 7) is 4.02. The molecule has 10 heteroatoms. The van der Waals surface area contributed by atoms with E-state index in [9.17, 15) is 8.42 Å². The Balaban J connectivity index is 1.57. The van der Waals surface area contributed by atoms with Gasteiger partial charge in [0.25, 0.3) is 10.0 Å². The normalized spacial score (nSPS) is 15.3. The summed E-state index contributed by atoms with van der Waals surface area (Å²) in [6, 6.07) is 11.6. The van der Waals surface area contributed by atoms with Crippen LogP contribution < -0.4 is 9.62 Å². The second-order valence-corrected chi connectivity index (χ2v) is 10.1. The summed E-state index contributed by atoms with van der Waals surface area (Å²) in [7, 11) is 1.91. The summed E-state index contributed by atoms with van der Waals surface area (Å²) in [4.78, 5) is 9.22. The highest BCUT2D eigenvalue weighted by molar-refractivity contribution is 7.92. The van der Waals surface area contributed by atoms with Crippen molar-refractivity contribution in [2.45, 2.75) is 5.03 Å². The van der Waals surface area contributed by atoms with Gasteiger partial charge in [0, 0.05) is 70.1 Å². The third kappa shape index (κ3) is 4.07. The van der Waals surface area contributed by atoms with Crippen molar-refractivity contribution in [1.82, 2.24) is 24.2 Å². The lowest BCUT2D eigenvalue weighted by Gasteiger charge is -2.34. The van der Waals surface area contributed by atoms with Crippen molar-refractivity contribution in [3.63, 3.8) is 0 Å². The molecule has 4 aromatic rings. The highest BCUT2D eigenvalue weighted by Gasteiger charge is 2.22. The predicted molar refractivity (Wildman–Crippen MR) is 130 cm³/mol. The van der Waals surface area contributed by atoms with Crippen LogP contribution in [0.4, 0.5) is 11.4 Å². The van der Waals surface area contributed by atoms with Gasteiger partial charge in [-0.05, 0) is 36.9 Å². The number of anilines is 2. The Hall–Kier alpha value is -3.37. The maximum Gasteiger partial charge on any atom is 0.281 e. The van der Waals surface area contributed by atoms with Crippen LogP contribution in [0.15, 0.2) is 60.0 Å². The lowest BCUT2D eigenvalue weighted by molar-refractivity contribution is 0.313. The van der Waals surface area contributed by atoms with E-state index in [1.54, 1.807) is 25.5 Å². The van der Waals surface area contributed by atoms with Gasteiger partial charge in [-0.25, -0.2) is 4.98 Å². The van der Waals surface area contributed by atoms with Crippen LogP contribution in [-0.4, -0.2) is 65.9 Å². The third-order valence-electron chi connectivity index (χ3n) is 6.09. The van der Waals surface area contributed by atoms with Gasteiger partial charge in [0.1, 0.15) is 5.65 Å². The summed E-state index contributed by atoms with van der Waals surface area (Å²) in [5, 5.41) is 4.79. The molecule has 0 spiro atoms. The molecular weight excluding hydrogens is 438 g/mol. The molecule has 0 saturated carbocycles. The zero-order chi connectivity index (χ0) is 23.2. The Morgan fingerprint density at radius 3 is 2.52 bits per heavy atom. The van der Waals surface area contributed by atoms with E-state index in [1.807, 2.05) is 17.8 Å². The van der Waals surface area contributed by atoms with Gasteiger partial charge in [0.2, 0.25) is 0 Å². The molecule has 0 unspecified atom stereocenters. The molecule has 0 bridgehead atoms. The van der Waals surface area contributed by atoms with Gasteiger partial charge in [-0.15, -0.1) is 0 Å². The first-order chi connectivity index (χ1) is 15.8. The molecule has 1 aromatic carbocycles. The first-order valence-corrected chi connectivity index (χ1v) is 12.3. The van der Waals surface area contributed by atoms with Crippen LogP contribution in [0.5, 0.6) is 0 Å². The fourth-order valence-corrected chi connectivity index (χ4v) is 5.32. The van der Waals surface area contributed by atoms with Gasteiger partial charge in [-0.2, -0.15) is 13.5 Å². The van der Waals surface area contributed by atoms with E-state index >= 15 is 0 Å². The van der Waals surface area contributed by atoms with Crippen LogP contribution in [0.25, 0.3) is 22.2 Å². The number of piperazine rings is 1. The van der Waals surface area contributed by atoms with E-state index in [4.69, 9.17) is 0 Å². The Kier molecular flexibility index (Phi) is 5.34. The SMILES string of the molecule is CN1CCN(c2cccc(-c3cn(C)c4nccc(NS(=O)(=O)c5ccn(C)n5)c34)c2)CC1. The maximum absolute atomic E-state index is 13.0. The molecular formula is C23H27N7O2S. The van der Waals surface area contributed by atoms with Gasteiger partial charge in [-0.1, -0.05) is 12.1 Å². The molecule has 0 aliphatic carbocycles. The molecule has 0 amide bonds. The number of aromatic nitrogens is 4. The molecule has 1 aliphatic rings. The molecule has 33 heavy (non-hydrogen) atoms. The van der Waals surface area contributed by atoms with E-state index in [0.717, 1.165) is 48.4 Å². The lowest BCUT2D eigenvalue weighted by Crippen LogP contribution is -2.44. The van der Waals surface area contributed by atoms with Crippen LogP contribution in [0, 0.1) is 0 Å². The first-order valence-electron chi connectivity index (χ1n) is 10.8. The van der Waals surface area contributed by atoms with Crippen LogP contribution in [-0.2, 0) is 24.1 Å². The summed E-state index contributed by atoms with van der Waals surface area (Å²) >= 11 is 0. The lowest BCUT2D eigenvalue weighted by atomic mass is 10.0. The second kappa shape index (κ2) is 8.20. The number of sulfonamides is 1. The van der Waals surface area contributed by atoms with Crippen molar-refractivity contribution in [2.24, 2.45) is 14.1 Å². The number of hydrogen-bond donors (Lipinski definition) is 1. The average Bonchev–Trinajstić information content (AvgIpc) is 3.39. The van der Waals surface area contributed by atoms with Crippen LogP contribution in [0.2, 0.25) is 0 Å². The zero-order valence-corrected chi connectivity index (χ0v) is 19.7. The van der Waals surface area contributed by atoms with E-state index in [0.29, 0.717) is 11.3 Å². The first kappa shape index (κ1) is 21.5. The van der Waals surface area contributed by atoms with Gasteiger partial charge < -0.3 is 14.4 Å². The minimum Gasteiger partial charge on any atom is -0.369 e. The Labute approximate surface area is 193 Å². The van der Waals surface area contributed by atoms with Gasteiger partial charge in [-0.3, -0.25) is 9.40 Å². The highest BCUT2D eigenvalue weighted by Crippen LogP contribution is 2.36. The molecule has 0 atom stereocenters. The number of pyridine rings is 1. The summed E-state index contributed by atoms with van der Waals surface area (Å²) in [5.41, 5.74) is 4.29. The Morgan fingerprint density at radius 2 is 1.79 bits per heavy atom. The fraction of sp³-hybridized carbons (Fsp3) is 0.304. The van der Waals surface area contributed by atoms with Crippen molar-refractivity contribution < 1.29 is 8.42 Å². The van der Waals surface area contributed by atoms with Crippen molar-refractivity contribution in [3.05, 3.63) is 55.0 Å². The van der Waals surface area contributed by atoms with E-state index in [-0.39, 0.29) is 5.03 Å². The van der Waals surface area contributed by atoms with Crippen LogP contribution >= 0.6 is 0 Å². The number of hydrogen-bond acceptors (Lipinski definition) is 6. The Bertz CT molecular complexity index is 1420. The Morgan fingerprint density at radius 1 is 1.00 bits per heavy atom. The van der Waals surface area contributed by atoms with Crippen LogP contribution in [0.1, 0.15) is 0 Å². The second-order valence-electron chi connectivity index (χ2n) is 8.48. The third-order valence-corrected chi connectivity index (χ3v) is 7.35. The standard InChI is InChI=1S/C23H27N7O2S/c1-27-11-13-30(14-12-27)18-6-4-5-17(15-18)19-16-28(2)23-22(19)20(7-9-24-23)26-33(31,32)21-8-10-29(3)25-21/h4-10,15-16H,11-14H2,1-3H3,(H,24,26). The van der Waals surface area contributed by atoms with E-state index in [2.05, 4.69) is 55.9 Å². The van der Waals surface area contributed by atoms with Gasteiger partial charge in [0.05, 0.1) is 11.1 Å². The molecule has 4 heterocycles. The number of rotatable bonds is 5. The van der Waals surface area contributed by atoms with Crippen LogP contribution in [0.3, 0.4) is 0 Å². The molecule has 9 nitrogen and oxygen atoms in total. The molecule has 1 aliphatic heterocycles. The molecule has 172 valence electrons. The quantitative estimate of drug-likeness (QED) is 0.487. The maximum atomic E-state index is 13.0. The molecule has 3 aromatic heterocycles. The molecule has 0 radical (unpaired) electrons. The average molecular weight is 466 g/mol. The molecule has 1 N–H and O–H groups in total. The number of nitrogens with zero attached hydrogens (tertiary/aromatic N) is 6. The molecule has 1 saturated heterocycles. The van der Waals surface area contributed by atoms with E-state index in [1.165, 1.54) is 10.7 Å². The van der Waals surface area contributed by atoms with Crippen molar-refractivity contribution in [2.75, 3.05) is 42.8 Å². The molecule has 5 rings (SSSR count). The summed E-state index contributed by atoms with van der Waals surface area (Å²) in [6.07, 6.45) is 5.22. The minimum absolute atomic E-state index is 0.0236. The summed E-state index contributed by atoms with van der Waals surface area (Å²) in [5.74, 6) is 0. The predicted octanol–water partition coefficient (Wildman–Crippen LogP) is 2.53. The minimum atomic E-state index is -3.84. The zero-order valence-electron chi connectivity index (χ0n) is 18.9. The number of aryl methyl sites for hydroxylation is 2. The highest BCUT2D eigenvalue weighted by atomic mass is 32.2. The number of likely N-dealkylation sites (N-methyl/N-ethyl adjacent to an activating group) is 1. The molecule has 1 fully saturated rings. The number of benzene rings is 1.